The van der Waals surface area contributed by atoms with Gasteiger partial charge in [0.25, 0.3) is 0 Å². The average molecular weight is 291 g/mol. The number of likely N-dealkylation sites (tertiary alicyclic amines) is 1. The molecule has 0 radical (unpaired) electrons. The van der Waals surface area contributed by atoms with Gasteiger partial charge >= 0.3 is 0 Å². The Labute approximate surface area is 126 Å². The molecule has 1 aromatic carbocycles. The number of carbonyl (C=O) groups excluding carboxylic acids is 1. The summed E-state index contributed by atoms with van der Waals surface area (Å²) in [7, 11) is 0. The van der Waals surface area contributed by atoms with E-state index in [1.807, 2.05) is 0 Å². The Morgan fingerprint density at radius 1 is 1.38 bits per heavy atom. The summed E-state index contributed by atoms with van der Waals surface area (Å²) in [5.74, 6) is 0.728. The number of ether oxygens (including phenoxy) is 1. The molecule has 1 N–H and O–H groups in total. The fourth-order valence-electron chi connectivity index (χ4n) is 2.73. The molecule has 4 heteroatoms. The molecule has 0 spiro atoms. The first-order valence-electron chi connectivity index (χ1n) is 7.72. The van der Waals surface area contributed by atoms with E-state index in [0.717, 1.165) is 6.54 Å². The zero-order chi connectivity index (χ0) is 15.2. The van der Waals surface area contributed by atoms with Crippen LogP contribution in [0.3, 0.4) is 0 Å². The Balaban J connectivity index is 1.77. The van der Waals surface area contributed by atoms with Crippen LogP contribution in [0.2, 0.25) is 0 Å². The number of piperidine rings is 1. The van der Waals surface area contributed by atoms with Gasteiger partial charge in [-0.05, 0) is 57.5 Å². The molecular weight excluding hydrogens is 266 g/mol. The van der Waals surface area contributed by atoms with Crippen molar-refractivity contribution in [3.05, 3.63) is 29.8 Å². The molecule has 0 aromatic heterocycles. The number of carbonyl (C=O) groups is 1. The van der Waals surface area contributed by atoms with Gasteiger partial charge < -0.3 is 9.84 Å². The number of benzene rings is 1. The van der Waals surface area contributed by atoms with Gasteiger partial charge in [0, 0.05) is 18.2 Å². The van der Waals surface area contributed by atoms with Crippen LogP contribution < -0.4 is 4.74 Å². The van der Waals surface area contributed by atoms with Gasteiger partial charge in [0.2, 0.25) is 0 Å². The van der Waals surface area contributed by atoms with Crippen molar-refractivity contribution >= 4 is 5.78 Å². The summed E-state index contributed by atoms with van der Waals surface area (Å²) in [5, 5.41) is 10.1. The van der Waals surface area contributed by atoms with Gasteiger partial charge in [-0.25, -0.2) is 0 Å². The van der Waals surface area contributed by atoms with Crippen LogP contribution in [0.5, 0.6) is 5.75 Å². The van der Waals surface area contributed by atoms with Crippen LogP contribution in [0.4, 0.5) is 0 Å². The lowest BCUT2D eigenvalue weighted by atomic mass is 10.0. The van der Waals surface area contributed by atoms with E-state index in [0.29, 0.717) is 23.9 Å². The average Bonchev–Trinajstić information content (AvgIpc) is 2.48. The first-order valence-corrected chi connectivity index (χ1v) is 7.72. The Hall–Kier alpha value is -1.39. The molecule has 2 atom stereocenters. The molecule has 2 rings (SSSR count). The van der Waals surface area contributed by atoms with Crippen molar-refractivity contribution in [2.45, 2.75) is 45.3 Å². The van der Waals surface area contributed by atoms with Crippen LogP contribution in [0, 0.1) is 0 Å². The van der Waals surface area contributed by atoms with Crippen LogP contribution in [-0.4, -0.2) is 47.6 Å². The first-order chi connectivity index (χ1) is 10.1. The minimum absolute atomic E-state index is 0.0423. The highest BCUT2D eigenvalue weighted by Crippen LogP contribution is 2.17. The highest BCUT2D eigenvalue weighted by molar-refractivity contribution is 5.94. The van der Waals surface area contributed by atoms with Crippen molar-refractivity contribution in [1.82, 2.24) is 4.90 Å². The van der Waals surface area contributed by atoms with Gasteiger partial charge in [-0.2, -0.15) is 0 Å². The quantitative estimate of drug-likeness (QED) is 0.818. The summed E-state index contributed by atoms with van der Waals surface area (Å²) < 4.78 is 5.59. The second kappa shape index (κ2) is 7.57. The van der Waals surface area contributed by atoms with Crippen LogP contribution >= 0.6 is 0 Å². The number of hydrogen-bond acceptors (Lipinski definition) is 4. The Morgan fingerprint density at radius 2 is 2.10 bits per heavy atom. The standard InChI is InChI=1S/C17H25NO3/c1-13-5-3-4-10-18(13)11-16(20)12-21-17-8-6-15(7-9-17)14(2)19/h6-9,13,16,20H,3-5,10-12H2,1-2H3/t13-,16-/m1/s1. The van der Waals surface area contributed by atoms with E-state index in [1.165, 1.54) is 19.3 Å². The molecule has 1 saturated heterocycles. The molecular formula is C17H25NO3. The third-order valence-electron chi connectivity index (χ3n) is 4.09. The van der Waals surface area contributed by atoms with Gasteiger partial charge in [-0.15, -0.1) is 0 Å². The van der Waals surface area contributed by atoms with E-state index in [9.17, 15) is 9.90 Å². The predicted octanol–water partition coefficient (Wildman–Crippen LogP) is 2.50. The molecule has 0 amide bonds. The van der Waals surface area contributed by atoms with Gasteiger partial charge in [-0.1, -0.05) is 6.42 Å². The maximum Gasteiger partial charge on any atom is 0.159 e. The maximum atomic E-state index is 11.2. The third kappa shape index (κ3) is 4.83. The van der Waals surface area contributed by atoms with Crippen LogP contribution in [-0.2, 0) is 0 Å². The summed E-state index contributed by atoms with van der Waals surface area (Å²) in [6.45, 7) is 5.76. The van der Waals surface area contributed by atoms with Crippen LogP contribution in [0.15, 0.2) is 24.3 Å². The lowest BCUT2D eigenvalue weighted by molar-refractivity contribution is 0.0438. The number of hydrogen-bond donors (Lipinski definition) is 1. The number of β-amino-alcohol motifs (C(OH)–C–C–N with tert-alkyl or cyclic N) is 1. The molecule has 1 fully saturated rings. The number of ketones is 1. The highest BCUT2D eigenvalue weighted by Gasteiger charge is 2.20. The van der Waals surface area contributed by atoms with Gasteiger partial charge in [-0.3, -0.25) is 9.69 Å². The first kappa shape index (κ1) is 16.0. The zero-order valence-corrected chi connectivity index (χ0v) is 12.9. The van der Waals surface area contributed by atoms with E-state index < -0.39 is 6.10 Å². The normalized spacial score (nSPS) is 21.0. The number of rotatable bonds is 6. The number of aliphatic hydroxyl groups excluding tert-OH is 1. The molecule has 1 aliphatic rings. The molecule has 0 bridgehead atoms. The van der Waals surface area contributed by atoms with E-state index in [-0.39, 0.29) is 12.4 Å². The largest absolute Gasteiger partial charge is 0.491 e. The molecule has 0 saturated carbocycles. The maximum absolute atomic E-state index is 11.2. The minimum Gasteiger partial charge on any atom is -0.491 e. The van der Waals surface area contributed by atoms with Crippen molar-refractivity contribution in [3.8, 4) is 5.75 Å². The minimum atomic E-state index is -0.488. The van der Waals surface area contributed by atoms with E-state index >= 15 is 0 Å². The summed E-state index contributed by atoms with van der Waals surface area (Å²) >= 11 is 0. The summed E-state index contributed by atoms with van der Waals surface area (Å²) in [6, 6.07) is 7.58. The summed E-state index contributed by atoms with van der Waals surface area (Å²) in [5.41, 5.74) is 0.671. The van der Waals surface area contributed by atoms with Gasteiger partial charge in [0.1, 0.15) is 18.5 Å². The molecule has 0 aliphatic carbocycles. The molecule has 4 nitrogen and oxygen atoms in total. The van der Waals surface area contributed by atoms with Gasteiger partial charge in [0.15, 0.2) is 5.78 Å². The zero-order valence-electron chi connectivity index (χ0n) is 12.9. The lowest BCUT2D eigenvalue weighted by Crippen LogP contribution is -2.43. The van der Waals surface area contributed by atoms with Crippen molar-refractivity contribution in [3.63, 3.8) is 0 Å². The fourth-order valence-corrected chi connectivity index (χ4v) is 2.73. The monoisotopic (exact) mass is 291 g/mol. The molecule has 0 unspecified atom stereocenters. The van der Waals surface area contributed by atoms with Crippen molar-refractivity contribution in [2.75, 3.05) is 19.7 Å². The number of nitrogens with zero attached hydrogens (tertiary/aromatic N) is 1. The second-order valence-electron chi connectivity index (χ2n) is 5.89. The molecule has 116 valence electrons. The van der Waals surface area contributed by atoms with E-state index in [1.54, 1.807) is 31.2 Å². The molecule has 1 aliphatic heterocycles. The molecule has 1 heterocycles. The summed E-state index contributed by atoms with van der Waals surface area (Å²) in [4.78, 5) is 13.5. The van der Waals surface area contributed by atoms with Crippen molar-refractivity contribution in [2.24, 2.45) is 0 Å². The van der Waals surface area contributed by atoms with Gasteiger partial charge in [0.05, 0.1) is 0 Å². The van der Waals surface area contributed by atoms with Crippen molar-refractivity contribution in [1.29, 1.82) is 0 Å². The summed E-state index contributed by atoms with van der Waals surface area (Å²) in [6.07, 6.45) is 3.22. The van der Waals surface area contributed by atoms with E-state index in [2.05, 4.69) is 11.8 Å². The number of Topliss-reactive ketones (excluding diaryl/α,β-unsaturated/α-hetero) is 1. The van der Waals surface area contributed by atoms with Crippen LogP contribution in [0.25, 0.3) is 0 Å². The smallest absolute Gasteiger partial charge is 0.159 e. The van der Waals surface area contributed by atoms with Crippen LogP contribution in [0.1, 0.15) is 43.5 Å². The van der Waals surface area contributed by atoms with Crippen molar-refractivity contribution < 1.29 is 14.6 Å². The predicted molar refractivity (Wildman–Crippen MR) is 82.8 cm³/mol. The molecule has 21 heavy (non-hydrogen) atoms. The Morgan fingerprint density at radius 3 is 2.71 bits per heavy atom. The second-order valence-corrected chi connectivity index (χ2v) is 5.89. The lowest BCUT2D eigenvalue weighted by Gasteiger charge is -2.34. The van der Waals surface area contributed by atoms with E-state index in [4.69, 9.17) is 4.74 Å². The topological polar surface area (TPSA) is 49.8 Å². The highest BCUT2D eigenvalue weighted by atomic mass is 16.5. The molecule has 1 aromatic rings. The third-order valence-corrected chi connectivity index (χ3v) is 4.09. The SMILES string of the molecule is CC(=O)c1ccc(OC[C@H](O)CN2CCCC[C@H]2C)cc1. The Bertz CT molecular complexity index is 458. The number of aliphatic hydroxyl groups is 1. The Kier molecular flexibility index (Phi) is 5.76. The fraction of sp³-hybridized carbons (Fsp3) is 0.588.